The summed E-state index contributed by atoms with van der Waals surface area (Å²) >= 11 is 0. The Bertz CT molecular complexity index is 369. The van der Waals surface area contributed by atoms with Crippen molar-refractivity contribution < 1.29 is 0 Å². The highest BCUT2D eigenvalue weighted by Crippen LogP contribution is 2.57. The van der Waals surface area contributed by atoms with E-state index in [1.54, 1.807) is 0 Å². The summed E-state index contributed by atoms with van der Waals surface area (Å²) in [5, 5.41) is 0. The van der Waals surface area contributed by atoms with Crippen molar-refractivity contribution in [3.8, 4) is 0 Å². The molecule has 0 saturated heterocycles. The van der Waals surface area contributed by atoms with Gasteiger partial charge >= 0.3 is 0 Å². The molecule has 15 heavy (non-hydrogen) atoms. The third-order valence-corrected chi connectivity index (χ3v) is 3.66. The second kappa shape index (κ2) is 3.24. The van der Waals surface area contributed by atoms with E-state index in [0.717, 1.165) is 0 Å². The zero-order valence-corrected chi connectivity index (χ0v) is 9.99. The fourth-order valence-electron chi connectivity index (χ4n) is 2.31. The highest BCUT2D eigenvalue weighted by molar-refractivity contribution is 5.50. The van der Waals surface area contributed by atoms with Gasteiger partial charge in [0.15, 0.2) is 0 Å². The van der Waals surface area contributed by atoms with E-state index in [1.807, 2.05) is 0 Å². The molecule has 2 rings (SSSR count). The van der Waals surface area contributed by atoms with E-state index in [-0.39, 0.29) is 5.41 Å². The van der Waals surface area contributed by atoms with E-state index in [2.05, 4.69) is 57.1 Å². The van der Waals surface area contributed by atoms with Gasteiger partial charge in [0.05, 0.1) is 0 Å². The van der Waals surface area contributed by atoms with Crippen LogP contribution in [0.2, 0.25) is 0 Å². The van der Waals surface area contributed by atoms with E-state index >= 15 is 0 Å². The zero-order chi connectivity index (χ0) is 11.2. The van der Waals surface area contributed by atoms with E-state index < -0.39 is 0 Å². The average Bonchev–Trinajstić information content (AvgIpc) is 2.66. The first-order valence-corrected chi connectivity index (χ1v) is 5.47. The third-order valence-electron chi connectivity index (χ3n) is 3.66. The van der Waals surface area contributed by atoms with Gasteiger partial charge in [0, 0.05) is 31.7 Å². The van der Waals surface area contributed by atoms with Crippen molar-refractivity contribution in [1.29, 1.82) is 0 Å². The Labute approximate surface area is 92.1 Å². The lowest BCUT2D eigenvalue weighted by Crippen LogP contribution is -2.09. The smallest absolute Gasteiger partial charge is 0.0363 e. The van der Waals surface area contributed by atoms with Crippen molar-refractivity contribution in [3.05, 3.63) is 29.8 Å². The van der Waals surface area contributed by atoms with Gasteiger partial charge in [-0.1, -0.05) is 26.0 Å². The maximum atomic E-state index is 6.09. The van der Waals surface area contributed by atoms with Crippen LogP contribution in [0, 0.1) is 5.41 Å². The van der Waals surface area contributed by atoms with Gasteiger partial charge in [-0.25, -0.2) is 0 Å². The lowest BCUT2D eigenvalue weighted by Gasteiger charge is -2.14. The number of hydrogen-bond donors (Lipinski definition) is 1. The summed E-state index contributed by atoms with van der Waals surface area (Å²) in [6.45, 7) is 4.48. The molecular weight excluding hydrogens is 184 g/mol. The minimum Gasteiger partial charge on any atom is -0.378 e. The van der Waals surface area contributed by atoms with Gasteiger partial charge in [-0.05, 0) is 23.1 Å². The number of anilines is 1. The molecule has 1 aliphatic carbocycles. The van der Waals surface area contributed by atoms with Crippen molar-refractivity contribution in [1.82, 2.24) is 0 Å². The Morgan fingerprint density at radius 1 is 1.27 bits per heavy atom. The highest BCUT2D eigenvalue weighted by Gasteiger charge is 2.56. The molecule has 82 valence electrons. The van der Waals surface area contributed by atoms with Crippen molar-refractivity contribution >= 4 is 5.69 Å². The van der Waals surface area contributed by atoms with Crippen LogP contribution in [0.25, 0.3) is 0 Å². The molecule has 2 nitrogen and oxygen atoms in total. The Morgan fingerprint density at radius 3 is 2.33 bits per heavy atom. The lowest BCUT2D eigenvalue weighted by molar-refractivity contribution is 0.599. The van der Waals surface area contributed by atoms with Crippen LogP contribution in [0.4, 0.5) is 5.69 Å². The van der Waals surface area contributed by atoms with Crippen molar-refractivity contribution in [2.24, 2.45) is 11.1 Å². The number of nitrogens with two attached hydrogens (primary N) is 1. The second-order valence-electron chi connectivity index (χ2n) is 5.31. The molecule has 1 saturated carbocycles. The first-order chi connectivity index (χ1) is 6.94. The standard InChI is InChI=1S/C13H20N2/c1-13(2)11(12(13)14)9-6-5-7-10(8-9)15(3)4/h5-8,11-12H,14H2,1-4H3/t11-,12-/m0/s1. The number of nitrogens with zero attached hydrogens (tertiary/aromatic N) is 1. The monoisotopic (exact) mass is 204 g/mol. The van der Waals surface area contributed by atoms with Crippen LogP contribution < -0.4 is 10.6 Å². The number of hydrogen-bond acceptors (Lipinski definition) is 2. The molecule has 1 aromatic rings. The molecule has 0 heterocycles. The SMILES string of the molecule is CN(C)c1cccc([C@H]2[C@H](N)C2(C)C)c1. The summed E-state index contributed by atoms with van der Waals surface area (Å²) in [5.74, 6) is 0.525. The molecule has 0 radical (unpaired) electrons. The van der Waals surface area contributed by atoms with Crippen LogP contribution in [0.15, 0.2) is 24.3 Å². The van der Waals surface area contributed by atoms with E-state index in [9.17, 15) is 0 Å². The van der Waals surface area contributed by atoms with Crippen molar-refractivity contribution in [2.75, 3.05) is 19.0 Å². The first kappa shape index (κ1) is 10.5. The molecule has 0 bridgehead atoms. The summed E-state index contributed by atoms with van der Waals surface area (Å²) in [6.07, 6.45) is 0. The molecule has 0 aromatic heterocycles. The van der Waals surface area contributed by atoms with E-state index in [1.165, 1.54) is 11.3 Å². The highest BCUT2D eigenvalue weighted by atomic mass is 15.1. The Morgan fingerprint density at radius 2 is 1.87 bits per heavy atom. The molecular formula is C13H20N2. The van der Waals surface area contributed by atoms with Crippen LogP contribution in [0.5, 0.6) is 0 Å². The maximum Gasteiger partial charge on any atom is 0.0363 e. The topological polar surface area (TPSA) is 29.3 Å². The molecule has 2 atom stereocenters. The van der Waals surface area contributed by atoms with Crippen LogP contribution in [0.3, 0.4) is 0 Å². The second-order valence-corrected chi connectivity index (χ2v) is 5.31. The summed E-state index contributed by atoms with van der Waals surface area (Å²) in [5.41, 5.74) is 8.98. The third kappa shape index (κ3) is 1.63. The molecule has 0 amide bonds. The van der Waals surface area contributed by atoms with Crippen LogP contribution >= 0.6 is 0 Å². The van der Waals surface area contributed by atoms with Crippen LogP contribution in [0.1, 0.15) is 25.3 Å². The first-order valence-electron chi connectivity index (χ1n) is 5.47. The quantitative estimate of drug-likeness (QED) is 0.800. The predicted octanol–water partition coefficient (Wildman–Crippen LogP) is 2.20. The van der Waals surface area contributed by atoms with E-state index in [4.69, 9.17) is 5.73 Å². The normalized spacial score (nSPS) is 27.5. The fraction of sp³-hybridized carbons (Fsp3) is 0.538. The molecule has 0 unspecified atom stereocenters. The molecule has 1 fully saturated rings. The molecule has 2 heteroatoms. The van der Waals surface area contributed by atoms with Crippen LogP contribution in [-0.2, 0) is 0 Å². The Hall–Kier alpha value is -1.02. The van der Waals surface area contributed by atoms with Crippen LogP contribution in [-0.4, -0.2) is 20.1 Å². The molecule has 0 aliphatic heterocycles. The van der Waals surface area contributed by atoms with Gasteiger partial charge in [0.1, 0.15) is 0 Å². The zero-order valence-electron chi connectivity index (χ0n) is 9.99. The minimum absolute atomic E-state index is 0.269. The average molecular weight is 204 g/mol. The van der Waals surface area contributed by atoms with Gasteiger partial charge in [0.2, 0.25) is 0 Å². The van der Waals surface area contributed by atoms with Gasteiger partial charge in [-0.2, -0.15) is 0 Å². The number of benzene rings is 1. The fourth-order valence-corrected chi connectivity index (χ4v) is 2.31. The summed E-state index contributed by atoms with van der Waals surface area (Å²) in [7, 11) is 4.13. The Balaban J connectivity index is 2.28. The van der Waals surface area contributed by atoms with Gasteiger partial charge < -0.3 is 10.6 Å². The minimum atomic E-state index is 0.269. The number of rotatable bonds is 2. The summed E-state index contributed by atoms with van der Waals surface area (Å²) < 4.78 is 0. The van der Waals surface area contributed by atoms with Gasteiger partial charge in [-0.15, -0.1) is 0 Å². The maximum absolute atomic E-state index is 6.09. The van der Waals surface area contributed by atoms with E-state index in [0.29, 0.717) is 12.0 Å². The largest absolute Gasteiger partial charge is 0.378 e. The van der Waals surface area contributed by atoms with Crippen molar-refractivity contribution in [2.45, 2.75) is 25.8 Å². The molecule has 1 aromatic carbocycles. The van der Waals surface area contributed by atoms with Gasteiger partial charge in [-0.3, -0.25) is 0 Å². The van der Waals surface area contributed by atoms with Crippen molar-refractivity contribution in [3.63, 3.8) is 0 Å². The molecule has 1 aliphatic rings. The summed E-state index contributed by atoms with van der Waals surface area (Å²) in [6, 6.07) is 9.00. The lowest BCUT2D eigenvalue weighted by atomic mass is 10.0. The predicted molar refractivity (Wildman–Crippen MR) is 65.3 cm³/mol. The Kier molecular flexibility index (Phi) is 2.27. The molecule has 0 spiro atoms. The molecule has 2 N–H and O–H groups in total. The van der Waals surface area contributed by atoms with Gasteiger partial charge in [0.25, 0.3) is 0 Å². The summed E-state index contributed by atoms with van der Waals surface area (Å²) in [4.78, 5) is 2.13.